The Bertz CT molecular complexity index is 176. The van der Waals surface area contributed by atoms with Crippen LogP contribution in [0.3, 0.4) is 0 Å². The molecule has 3 N–H and O–H groups in total. The Hall–Kier alpha value is -0.160. The molecule has 1 aliphatic carbocycles. The van der Waals surface area contributed by atoms with Gasteiger partial charge in [0.1, 0.15) is 0 Å². The summed E-state index contributed by atoms with van der Waals surface area (Å²) in [6.07, 6.45) is 4.85. The van der Waals surface area contributed by atoms with Gasteiger partial charge in [0, 0.05) is 25.2 Å². The normalized spacial score (nSPS) is 26.2. The highest BCUT2D eigenvalue weighted by atomic mass is 16.5. The lowest BCUT2D eigenvalue weighted by atomic mass is 9.92. The number of hydrogen-bond donors (Lipinski definition) is 2. The molecule has 0 aromatic heterocycles. The first-order valence-corrected chi connectivity index (χ1v) is 6.40. The summed E-state index contributed by atoms with van der Waals surface area (Å²) in [7, 11) is 4.12. The molecule has 0 aromatic carbocycles. The molecule has 0 radical (unpaired) electrons. The van der Waals surface area contributed by atoms with Crippen molar-refractivity contribution >= 4 is 0 Å². The second kappa shape index (κ2) is 8.01. The van der Waals surface area contributed by atoms with E-state index in [0.29, 0.717) is 12.1 Å². The Morgan fingerprint density at radius 3 is 2.81 bits per heavy atom. The molecule has 1 fully saturated rings. The number of likely N-dealkylation sites (N-methyl/N-ethyl adjacent to an activating group) is 1. The van der Waals surface area contributed by atoms with Gasteiger partial charge in [-0.05, 0) is 33.4 Å². The fourth-order valence-corrected chi connectivity index (χ4v) is 2.10. The number of nitrogens with one attached hydrogen (secondary N) is 1. The van der Waals surface area contributed by atoms with Crippen LogP contribution in [0.15, 0.2) is 0 Å². The zero-order chi connectivity index (χ0) is 11.8. The first-order chi connectivity index (χ1) is 7.68. The van der Waals surface area contributed by atoms with Crippen LogP contribution < -0.4 is 11.1 Å². The minimum atomic E-state index is 0.404. The highest BCUT2D eigenvalue weighted by Crippen LogP contribution is 2.16. The maximum absolute atomic E-state index is 5.93. The summed E-state index contributed by atoms with van der Waals surface area (Å²) in [6, 6.07) is 1.02. The molecular weight excluding hydrogens is 202 g/mol. The van der Waals surface area contributed by atoms with Gasteiger partial charge in [-0.2, -0.15) is 0 Å². The van der Waals surface area contributed by atoms with Crippen molar-refractivity contribution < 1.29 is 4.74 Å². The fourth-order valence-electron chi connectivity index (χ4n) is 2.10. The summed E-state index contributed by atoms with van der Waals surface area (Å²) >= 11 is 0. The van der Waals surface area contributed by atoms with Crippen molar-refractivity contribution in [2.75, 3.05) is 40.4 Å². The topological polar surface area (TPSA) is 50.5 Å². The van der Waals surface area contributed by atoms with E-state index in [4.69, 9.17) is 10.5 Å². The molecule has 1 aliphatic rings. The van der Waals surface area contributed by atoms with Crippen LogP contribution >= 0.6 is 0 Å². The SMILES string of the molecule is CN(C)CCOCCNC1CCCC(N)C1. The number of ether oxygens (including phenoxy) is 1. The Balaban J connectivity index is 1.90. The fraction of sp³-hybridized carbons (Fsp3) is 1.00. The summed E-state index contributed by atoms with van der Waals surface area (Å²) in [5.41, 5.74) is 5.93. The lowest BCUT2D eigenvalue weighted by Crippen LogP contribution is -2.40. The van der Waals surface area contributed by atoms with Gasteiger partial charge in [-0.25, -0.2) is 0 Å². The van der Waals surface area contributed by atoms with Gasteiger partial charge < -0.3 is 20.7 Å². The summed E-state index contributed by atoms with van der Waals surface area (Å²) in [5, 5.41) is 3.52. The molecule has 0 spiro atoms. The third-order valence-electron chi connectivity index (χ3n) is 3.08. The predicted molar refractivity (Wildman–Crippen MR) is 67.6 cm³/mol. The molecule has 1 rings (SSSR count). The molecule has 2 unspecified atom stereocenters. The van der Waals surface area contributed by atoms with E-state index in [1.807, 2.05) is 0 Å². The van der Waals surface area contributed by atoms with Crippen LogP contribution in [-0.2, 0) is 4.74 Å². The van der Waals surface area contributed by atoms with Gasteiger partial charge in [0.25, 0.3) is 0 Å². The molecule has 0 amide bonds. The van der Waals surface area contributed by atoms with Crippen molar-refractivity contribution in [2.24, 2.45) is 5.73 Å². The van der Waals surface area contributed by atoms with E-state index in [0.717, 1.165) is 32.7 Å². The molecule has 4 nitrogen and oxygen atoms in total. The van der Waals surface area contributed by atoms with Crippen LogP contribution in [-0.4, -0.2) is 57.4 Å². The summed E-state index contributed by atoms with van der Waals surface area (Å²) in [5.74, 6) is 0. The summed E-state index contributed by atoms with van der Waals surface area (Å²) < 4.78 is 5.53. The average molecular weight is 229 g/mol. The highest BCUT2D eigenvalue weighted by Gasteiger charge is 2.17. The zero-order valence-electron chi connectivity index (χ0n) is 10.7. The average Bonchev–Trinajstić information content (AvgIpc) is 2.23. The summed E-state index contributed by atoms with van der Waals surface area (Å²) in [4.78, 5) is 2.13. The van der Waals surface area contributed by atoms with Crippen LogP contribution in [0.5, 0.6) is 0 Å². The maximum Gasteiger partial charge on any atom is 0.0593 e. The second-order valence-electron chi connectivity index (χ2n) is 4.99. The smallest absolute Gasteiger partial charge is 0.0593 e. The monoisotopic (exact) mass is 229 g/mol. The first-order valence-electron chi connectivity index (χ1n) is 6.40. The van der Waals surface area contributed by atoms with Gasteiger partial charge in [0.2, 0.25) is 0 Å². The van der Waals surface area contributed by atoms with Gasteiger partial charge in [-0.3, -0.25) is 0 Å². The Morgan fingerprint density at radius 2 is 2.12 bits per heavy atom. The molecule has 0 bridgehead atoms. The Labute approximate surface area is 99.5 Å². The molecule has 16 heavy (non-hydrogen) atoms. The molecule has 1 saturated carbocycles. The largest absolute Gasteiger partial charge is 0.379 e. The van der Waals surface area contributed by atoms with Gasteiger partial charge in [-0.1, -0.05) is 6.42 Å². The number of hydrogen-bond acceptors (Lipinski definition) is 4. The number of nitrogens with zero attached hydrogens (tertiary/aromatic N) is 1. The maximum atomic E-state index is 5.93. The van der Waals surface area contributed by atoms with Gasteiger partial charge in [0.15, 0.2) is 0 Å². The third-order valence-corrected chi connectivity index (χ3v) is 3.08. The van der Waals surface area contributed by atoms with E-state index in [1.54, 1.807) is 0 Å². The van der Waals surface area contributed by atoms with Gasteiger partial charge >= 0.3 is 0 Å². The number of nitrogens with two attached hydrogens (primary N) is 1. The van der Waals surface area contributed by atoms with Crippen molar-refractivity contribution in [2.45, 2.75) is 37.8 Å². The Morgan fingerprint density at radius 1 is 1.31 bits per heavy atom. The number of rotatable bonds is 7. The van der Waals surface area contributed by atoms with Crippen LogP contribution in [0, 0.1) is 0 Å². The molecule has 96 valence electrons. The van der Waals surface area contributed by atoms with E-state index in [-0.39, 0.29) is 0 Å². The van der Waals surface area contributed by atoms with E-state index in [2.05, 4.69) is 24.3 Å². The van der Waals surface area contributed by atoms with E-state index in [9.17, 15) is 0 Å². The van der Waals surface area contributed by atoms with E-state index in [1.165, 1.54) is 19.3 Å². The molecule has 4 heteroatoms. The van der Waals surface area contributed by atoms with Crippen LogP contribution in [0.25, 0.3) is 0 Å². The Kier molecular flexibility index (Phi) is 6.96. The van der Waals surface area contributed by atoms with Gasteiger partial charge in [-0.15, -0.1) is 0 Å². The third kappa shape index (κ3) is 6.43. The van der Waals surface area contributed by atoms with Crippen molar-refractivity contribution in [1.82, 2.24) is 10.2 Å². The summed E-state index contributed by atoms with van der Waals surface area (Å²) in [6.45, 7) is 3.57. The molecule has 0 heterocycles. The lowest BCUT2D eigenvalue weighted by molar-refractivity contribution is 0.116. The van der Waals surface area contributed by atoms with Crippen molar-refractivity contribution in [3.05, 3.63) is 0 Å². The molecular formula is C12H27N3O. The molecule has 0 aliphatic heterocycles. The van der Waals surface area contributed by atoms with Crippen LogP contribution in [0.4, 0.5) is 0 Å². The van der Waals surface area contributed by atoms with Crippen LogP contribution in [0.1, 0.15) is 25.7 Å². The predicted octanol–water partition coefficient (Wildman–Crippen LogP) is 0.424. The van der Waals surface area contributed by atoms with Crippen LogP contribution in [0.2, 0.25) is 0 Å². The minimum absolute atomic E-state index is 0.404. The van der Waals surface area contributed by atoms with Crippen molar-refractivity contribution in [1.29, 1.82) is 0 Å². The quantitative estimate of drug-likeness (QED) is 0.621. The molecule has 0 aromatic rings. The zero-order valence-corrected chi connectivity index (χ0v) is 10.7. The molecule has 2 atom stereocenters. The minimum Gasteiger partial charge on any atom is -0.379 e. The van der Waals surface area contributed by atoms with E-state index >= 15 is 0 Å². The molecule has 0 saturated heterocycles. The van der Waals surface area contributed by atoms with Crippen molar-refractivity contribution in [3.63, 3.8) is 0 Å². The highest BCUT2D eigenvalue weighted by molar-refractivity contribution is 4.79. The van der Waals surface area contributed by atoms with E-state index < -0.39 is 0 Å². The van der Waals surface area contributed by atoms with Gasteiger partial charge in [0.05, 0.1) is 13.2 Å². The lowest BCUT2D eigenvalue weighted by Gasteiger charge is -2.27. The first kappa shape index (κ1) is 13.9. The second-order valence-corrected chi connectivity index (χ2v) is 4.99. The standard InChI is InChI=1S/C12H27N3O/c1-15(2)7-9-16-8-6-14-12-5-3-4-11(13)10-12/h11-12,14H,3-10,13H2,1-2H3. The van der Waals surface area contributed by atoms with Crippen molar-refractivity contribution in [3.8, 4) is 0 Å².